The van der Waals surface area contributed by atoms with Crippen molar-refractivity contribution in [3.63, 3.8) is 0 Å². The molecule has 28 heavy (non-hydrogen) atoms. The summed E-state index contributed by atoms with van der Waals surface area (Å²) in [7, 11) is 0. The molecule has 0 aliphatic carbocycles. The number of carbonyl (C=O) groups excluding carboxylic acids is 1. The van der Waals surface area contributed by atoms with E-state index in [9.17, 15) is 4.79 Å². The number of hydrogen-bond donors (Lipinski definition) is 1. The smallest absolute Gasteiger partial charge is 0.322 e. The maximum Gasteiger partial charge on any atom is 0.322 e. The Balaban J connectivity index is 2.30. The topological polar surface area (TPSA) is 61.6 Å². The Morgan fingerprint density at radius 3 is 2.32 bits per heavy atom. The summed E-state index contributed by atoms with van der Waals surface area (Å²) in [5.41, 5.74) is 6.10. The lowest BCUT2D eigenvalue weighted by molar-refractivity contribution is -0.156. The summed E-state index contributed by atoms with van der Waals surface area (Å²) in [6.45, 7) is 7.39. The second kappa shape index (κ2) is 9.64. The molecule has 6 heteroatoms. The summed E-state index contributed by atoms with van der Waals surface area (Å²) in [6, 6.07) is 14.4. The maximum atomic E-state index is 12.1. The van der Waals surface area contributed by atoms with Crippen LogP contribution in [0.2, 0.25) is 10.0 Å². The normalized spacial score (nSPS) is 14.8. The van der Waals surface area contributed by atoms with Crippen LogP contribution in [0.4, 0.5) is 0 Å². The Morgan fingerprint density at radius 1 is 1.11 bits per heavy atom. The van der Waals surface area contributed by atoms with E-state index in [0.29, 0.717) is 22.2 Å². The van der Waals surface area contributed by atoms with Gasteiger partial charge in [0, 0.05) is 10.9 Å². The fourth-order valence-electron chi connectivity index (χ4n) is 3.13. The first-order valence-corrected chi connectivity index (χ1v) is 10.00. The minimum atomic E-state index is -0.690. The summed E-state index contributed by atoms with van der Waals surface area (Å²) in [4.78, 5) is 12.1. The molecule has 2 N–H and O–H groups in total. The van der Waals surface area contributed by atoms with Crippen molar-refractivity contribution in [3.8, 4) is 5.75 Å². The second-order valence-corrected chi connectivity index (χ2v) is 8.35. The summed E-state index contributed by atoms with van der Waals surface area (Å²) in [5.74, 6) is -0.0601. The molecule has 0 aliphatic heterocycles. The molecule has 152 valence electrons. The van der Waals surface area contributed by atoms with Crippen LogP contribution in [0.3, 0.4) is 0 Å². The molecule has 2 rings (SSSR count). The molecule has 0 aromatic heterocycles. The van der Waals surface area contributed by atoms with Crippen LogP contribution in [0, 0.1) is 5.92 Å². The van der Waals surface area contributed by atoms with Crippen LogP contribution in [0.1, 0.15) is 33.3 Å². The van der Waals surface area contributed by atoms with Gasteiger partial charge in [-0.2, -0.15) is 0 Å². The average Bonchev–Trinajstić information content (AvgIpc) is 2.62. The minimum Gasteiger partial charge on any atom is -0.486 e. The lowest BCUT2D eigenvalue weighted by Gasteiger charge is -2.38. The van der Waals surface area contributed by atoms with E-state index in [1.165, 1.54) is 0 Å². The molecule has 0 saturated heterocycles. The van der Waals surface area contributed by atoms with E-state index < -0.39 is 23.7 Å². The van der Waals surface area contributed by atoms with E-state index in [1.54, 1.807) is 25.1 Å². The number of esters is 1. The van der Waals surface area contributed by atoms with Gasteiger partial charge < -0.3 is 15.2 Å². The molecule has 0 aliphatic rings. The fourth-order valence-corrected chi connectivity index (χ4v) is 3.58. The van der Waals surface area contributed by atoms with E-state index >= 15 is 0 Å². The molecule has 0 amide bonds. The molecule has 0 heterocycles. The van der Waals surface area contributed by atoms with Gasteiger partial charge in [-0.3, -0.25) is 4.79 Å². The number of ether oxygens (including phenoxy) is 2. The predicted octanol–water partition coefficient (Wildman–Crippen LogP) is 5.29. The number of rotatable bonds is 8. The summed E-state index contributed by atoms with van der Waals surface area (Å²) >= 11 is 12.3. The van der Waals surface area contributed by atoms with Crippen molar-refractivity contribution >= 4 is 29.2 Å². The van der Waals surface area contributed by atoms with Crippen molar-refractivity contribution in [2.24, 2.45) is 11.7 Å². The highest BCUT2D eigenvalue weighted by Crippen LogP contribution is 2.35. The molecule has 0 radical (unpaired) electrons. The van der Waals surface area contributed by atoms with Gasteiger partial charge in [0.15, 0.2) is 0 Å². The third kappa shape index (κ3) is 6.13. The van der Waals surface area contributed by atoms with Gasteiger partial charge in [-0.05, 0) is 57.9 Å². The number of benzene rings is 2. The van der Waals surface area contributed by atoms with Crippen LogP contribution in [-0.2, 0) is 16.0 Å². The first-order chi connectivity index (χ1) is 13.1. The summed E-state index contributed by atoms with van der Waals surface area (Å²) in [6.07, 6.45) is 0.242. The summed E-state index contributed by atoms with van der Waals surface area (Å²) in [5, 5.41) is 0.967. The van der Waals surface area contributed by atoms with E-state index in [-0.39, 0.29) is 5.92 Å². The van der Waals surface area contributed by atoms with Crippen LogP contribution in [0.25, 0.3) is 0 Å². The zero-order chi connectivity index (χ0) is 20.9. The van der Waals surface area contributed by atoms with Crippen molar-refractivity contribution in [2.45, 2.75) is 51.9 Å². The van der Waals surface area contributed by atoms with Gasteiger partial charge in [0.1, 0.15) is 23.5 Å². The van der Waals surface area contributed by atoms with Crippen molar-refractivity contribution < 1.29 is 14.3 Å². The molecule has 2 aromatic rings. The fraction of sp³-hybridized carbons (Fsp3) is 0.409. The molecule has 0 spiro atoms. The zero-order valence-corrected chi connectivity index (χ0v) is 18.1. The van der Waals surface area contributed by atoms with Crippen LogP contribution < -0.4 is 10.5 Å². The molecule has 4 nitrogen and oxygen atoms in total. The van der Waals surface area contributed by atoms with Gasteiger partial charge in [-0.15, -0.1) is 0 Å². The standard InChI is InChI=1S/C22H27Cl2NO3/c1-14(25)21(26)27-15(2)18(12-16-8-6-5-7-9-16)22(3,4)28-20-11-10-17(23)13-19(20)24/h5-11,13-15,18H,12,25H2,1-4H3/t14?,15-,18-/m0/s1. The Morgan fingerprint density at radius 2 is 1.75 bits per heavy atom. The van der Waals surface area contributed by atoms with Crippen LogP contribution in [-0.4, -0.2) is 23.7 Å². The Hall–Kier alpha value is -1.75. The van der Waals surface area contributed by atoms with Gasteiger partial charge >= 0.3 is 5.97 Å². The largest absolute Gasteiger partial charge is 0.486 e. The molecule has 1 unspecified atom stereocenters. The third-order valence-corrected chi connectivity index (χ3v) is 5.23. The monoisotopic (exact) mass is 423 g/mol. The van der Waals surface area contributed by atoms with Gasteiger partial charge in [-0.1, -0.05) is 53.5 Å². The van der Waals surface area contributed by atoms with E-state index in [4.69, 9.17) is 38.4 Å². The van der Waals surface area contributed by atoms with Crippen molar-refractivity contribution in [1.29, 1.82) is 0 Å². The maximum absolute atomic E-state index is 12.1. The Labute approximate surface area is 176 Å². The summed E-state index contributed by atoms with van der Waals surface area (Å²) < 4.78 is 11.9. The number of halogens is 2. The lowest BCUT2D eigenvalue weighted by Crippen LogP contribution is -2.47. The molecule has 2 aromatic carbocycles. The molecule has 0 saturated carbocycles. The highest BCUT2D eigenvalue weighted by atomic mass is 35.5. The molecule has 0 bridgehead atoms. The predicted molar refractivity (Wildman–Crippen MR) is 114 cm³/mol. The quantitative estimate of drug-likeness (QED) is 0.585. The molecular weight excluding hydrogens is 397 g/mol. The van der Waals surface area contributed by atoms with Gasteiger partial charge in [0.2, 0.25) is 0 Å². The number of hydrogen-bond acceptors (Lipinski definition) is 4. The van der Waals surface area contributed by atoms with Crippen molar-refractivity contribution in [2.75, 3.05) is 0 Å². The lowest BCUT2D eigenvalue weighted by atomic mass is 9.81. The second-order valence-electron chi connectivity index (χ2n) is 7.51. The van der Waals surface area contributed by atoms with Crippen molar-refractivity contribution in [1.82, 2.24) is 0 Å². The van der Waals surface area contributed by atoms with Crippen LogP contribution >= 0.6 is 23.2 Å². The Bertz CT molecular complexity index is 794. The highest BCUT2D eigenvalue weighted by molar-refractivity contribution is 6.35. The first kappa shape index (κ1) is 22.5. The average molecular weight is 424 g/mol. The zero-order valence-electron chi connectivity index (χ0n) is 16.6. The van der Waals surface area contributed by atoms with Gasteiger partial charge in [0.25, 0.3) is 0 Å². The van der Waals surface area contributed by atoms with Crippen LogP contribution in [0.5, 0.6) is 5.75 Å². The van der Waals surface area contributed by atoms with E-state index in [2.05, 4.69) is 0 Å². The number of nitrogens with two attached hydrogens (primary N) is 1. The van der Waals surface area contributed by atoms with Gasteiger partial charge in [0.05, 0.1) is 5.02 Å². The van der Waals surface area contributed by atoms with Gasteiger partial charge in [-0.25, -0.2) is 0 Å². The third-order valence-electron chi connectivity index (χ3n) is 4.70. The SMILES string of the molecule is CC(N)C(=O)O[C@@H](C)[C@H](Cc1ccccc1)C(C)(C)Oc1ccc(Cl)cc1Cl. The van der Waals surface area contributed by atoms with Crippen LogP contribution in [0.15, 0.2) is 48.5 Å². The highest BCUT2D eigenvalue weighted by Gasteiger charge is 2.38. The van der Waals surface area contributed by atoms with E-state index in [1.807, 2.05) is 51.1 Å². The Kier molecular flexibility index (Phi) is 7.76. The van der Waals surface area contributed by atoms with E-state index in [0.717, 1.165) is 5.56 Å². The minimum absolute atomic E-state index is 0.149. The number of carbonyl (C=O) groups is 1. The molecular formula is C22H27Cl2NO3. The molecule has 3 atom stereocenters. The van der Waals surface area contributed by atoms with Crippen molar-refractivity contribution in [3.05, 3.63) is 64.1 Å². The first-order valence-electron chi connectivity index (χ1n) is 9.24. The molecule has 0 fully saturated rings.